The molecule has 0 saturated carbocycles. The Bertz CT molecular complexity index is 201. The summed E-state index contributed by atoms with van der Waals surface area (Å²) in [5.74, 6) is 0. The Labute approximate surface area is 101 Å². The molecule has 16 heavy (non-hydrogen) atoms. The molecule has 0 aromatic heterocycles. The first-order valence-electron chi connectivity index (χ1n) is 6.44. The van der Waals surface area contributed by atoms with E-state index in [4.69, 9.17) is 4.74 Å². The summed E-state index contributed by atoms with van der Waals surface area (Å²) in [6.07, 6.45) is 1.53. The van der Waals surface area contributed by atoms with Gasteiger partial charge in [-0.1, -0.05) is 20.8 Å². The summed E-state index contributed by atoms with van der Waals surface area (Å²) in [5.41, 5.74) is 0.311. The van der Waals surface area contributed by atoms with Crippen molar-refractivity contribution in [1.82, 2.24) is 10.2 Å². The maximum atomic E-state index is 5.67. The molecule has 1 aliphatic heterocycles. The van der Waals surface area contributed by atoms with Gasteiger partial charge in [0.15, 0.2) is 0 Å². The van der Waals surface area contributed by atoms with Crippen LogP contribution in [-0.2, 0) is 4.74 Å². The molecule has 1 N–H and O–H groups in total. The Morgan fingerprint density at radius 3 is 2.69 bits per heavy atom. The van der Waals surface area contributed by atoms with Crippen LogP contribution in [0.2, 0.25) is 0 Å². The van der Waals surface area contributed by atoms with Gasteiger partial charge in [0.05, 0.1) is 6.10 Å². The molecule has 1 fully saturated rings. The maximum Gasteiger partial charge on any atom is 0.0673 e. The third kappa shape index (κ3) is 4.40. The van der Waals surface area contributed by atoms with Crippen molar-refractivity contribution in [2.45, 2.75) is 46.3 Å². The van der Waals surface area contributed by atoms with Crippen molar-refractivity contribution < 1.29 is 4.74 Å². The van der Waals surface area contributed by atoms with E-state index in [0.29, 0.717) is 17.6 Å². The zero-order valence-electron chi connectivity index (χ0n) is 11.5. The summed E-state index contributed by atoms with van der Waals surface area (Å²) in [4.78, 5) is 2.53. The van der Waals surface area contributed by atoms with Crippen LogP contribution >= 0.6 is 0 Å². The van der Waals surface area contributed by atoms with Gasteiger partial charge in [-0.05, 0) is 25.8 Å². The number of rotatable bonds is 3. The summed E-state index contributed by atoms with van der Waals surface area (Å²) < 4.78 is 5.67. The maximum absolute atomic E-state index is 5.67. The van der Waals surface area contributed by atoms with Crippen molar-refractivity contribution in [2.24, 2.45) is 5.41 Å². The summed E-state index contributed by atoms with van der Waals surface area (Å²) >= 11 is 0. The highest BCUT2D eigenvalue weighted by Crippen LogP contribution is 2.20. The van der Waals surface area contributed by atoms with E-state index in [1.807, 2.05) is 0 Å². The molecule has 1 rings (SSSR count). The normalized spacial score (nSPS) is 26.4. The number of likely N-dealkylation sites (N-methyl/N-ethyl adjacent to an activating group) is 1. The number of nitrogens with zero attached hydrogens (tertiary/aromatic N) is 1. The van der Waals surface area contributed by atoms with Crippen molar-refractivity contribution in [2.75, 3.05) is 33.3 Å². The molecule has 0 bridgehead atoms. The van der Waals surface area contributed by atoms with Crippen LogP contribution in [0.3, 0.4) is 0 Å². The summed E-state index contributed by atoms with van der Waals surface area (Å²) in [6, 6.07) is 0.540. The van der Waals surface area contributed by atoms with E-state index >= 15 is 0 Å². The lowest BCUT2D eigenvalue weighted by atomic mass is 9.86. The fourth-order valence-electron chi connectivity index (χ4n) is 2.30. The first-order chi connectivity index (χ1) is 7.43. The van der Waals surface area contributed by atoms with Crippen LogP contribution in [0.1, 0.15) is 34.1 Å². The van der Waals surface area contributed by atoms with E-state index in [1.165, 1.54) is 6.54 Å². The molecule has 96 valence electrons. The van der Waals surface area contributed by atoms with E-state index in [9.17, 15) is 0 Å². The zero-order valence-corrected chi connectivity index (χ0v) is 11.5. The smallest absolute Gasteiger partial charge is 0.0673 e. The minimum atomic E-state index is 0.311. The zero-order chi connectivity index (χ0) is 12.2. The highest BCUT2D eigenvalue weighted by atomic mass is 16.5. The Morgan fingerprint density at radius 1 is 1.44 bits per heavy atom. The highest BCUT2D eigenvalue weighted by Gasteiger charge is 2.26. The van der Waals surface area contributed by atoms with Gasteiger partial charge in [0, 0.05) is 32.3 Å². The third-order valence-corrected chi connectivity index (χ3v) is 3.37. The predicted octanol–water partition coefficient (Wildman–Crippen LogP) is 1.73. The van der Waals surface area contributed by atoms with Crippen LogP contribution in [0.15, 0.2) is 0 Å². The summed E-state index contributed by atoms with van der Waals surface area (Å²) in [6.45, 7) is 13.3. The van der Waals surface area contributed by atoms with E-state index in [2.05, 4.69) is 45.0 Å². The van der Waals surface area contributed by atoms with E-state index < -0.39 is 0 Å². The Kier molecular flexibility index (Phi) is 5.22. The molecule has 1 saturated heterocycles. The van der Waals surface area contributed by atoms with Crippen LogP contribution < -0.4 is 5.32 Å². The molecular formula is C13H28N2O. The number of nitrogens with one attached hydrogen (secondary N) is 1. The number of hydrogen-bond donors (Lipinski definition) is 1. The second kappa shape index (κ2) is 5.99. The number of ether oxygens (including phenoxy) is 1. The van der Waals surface area contributed by atoms with Gasteiger partial charge in [0.25, 0.3) is 0 Å². The van der Waals surface area contributed by atoms with Crippen LogP contribution in [0.25, 0.3) is 0 Å². The quantitative estimate of drug-likeness (QED) is 0.796. The van der Waals surface area contributed by atoms with E-state index in [-0.39, 0.29) is 0 Å². The lowest BCUT2D eigenvalue weighted by Crippen LogP contribution is -2.48. The SMILES string of the molecule is CNC(CN1CCCOC(C)C1)C(C)(C)C. The monoisotopic (exact) mass is 228 g/mol. The molecule has 2 atom stereocenters. The molecule has 3 heteroatoms. The Morgan fingerprint density at radius 2 is 2.12 bits per heavy atom. The highest BCUT2D eigenvalue weighted by molar-refractivity contribution is 4.83. The average Bonchev–Trinajstić information content (AvgIpc) is 2.37. The molecule has 0 aromatic carbocycles. The average molecular weight is 228 g/mol. The topological polar surface area (TPSA) is 24.5 Å². The first kappa shape index (κ1) is 13.9. The molecule has 0 amide bonds. The van der Waals surface area contributed by atoms with E-state index in [1.54, 1.807) is 0 Å². The predicted molar refractivity (Wildman–Crippen MR) is 68.8 cm³/mol. The third-order valence-electron chi connectivity index (χ3n) is 3.37. The van der Waals surface area contributed by atoms with Crippen molar-refractivity contribution in [3.8, 4) is 0 Å². The van der Waals surface area contributed by atoms with Gasteiger partial charge in [-0.3, -0.25) is 4.90 Å². The lowest BCUT2D eigenvalue weighted by Gasteiger charge is -2.35. The van der Waals surface area contributed by atoms with Gasteiger partial charge in [-0.25, -0.2) is 0 Å². The summed E-state index contributed by atoms with van der Waals surface area (Å²) in [5, 5.41) is 3.44. The van der Waals surface area contributed by atoms with Crippen molar-refractivity contribution in [3.63, 3.8) is 0 Å². The largest absolute Gasteiger partial charge is 0.377 e. The second-order valence-electron chi connectivity index (χ2n) is 6.00. The van der Waals surface area contributed by atoms with Crippen molar-refractivity contribution in [3.05, 3.63) is 0 Å². The molecule has 1 heterocycles. The number of hydrogen-bond acceptors (Lipinski definition) is 3. The molecular weight excluding hydrogens is 200 g/mol. The molecule has 0 radical (unpaired) electrons. The fraction of sp³-hybridized carbons (Fsp3) is 1.00. The van der Waals surface area contributed by atoms with Crippen molar-refractivity contribution >= 4 is 0 Å². The van der Waals surface area contributed by atoms with Crippen LogP contribution in [0, 0.1) is 5.41 Å². The van der Waals surface area contributed by atoms with Crippen LogP contribution in [0.5, 0.6) is 0 Å². The first-order valence-corrected chi connectivity index (χ1v) is 6.44. The minimum Gasteiger partial charge on any atom is -0.377 e. The Hall–Kier alpha value is -0.120. The van der Waals surface area contributed by atoms with E-state index in [0.717, 1.165) is 26.1 Å². The standard InChI is InChI=1S/C13H28N2O/c1-11-9-15(7-6-8-16-11)10-12(14-5)13(2,3)4/h11-12,14H,6-10H2,1-5H3. The molecule has 3 nitrogen and oxygen atoms in total. The van der Waals surface area contributed by atoms with Gasteiger partial charge >= 0.3 is 0 Å². The molecule has 0 aliphatic carbocycles. The van der Waals surface area contributed by atoms with Gasteiger partial charge < -0.3 is 10.1 Å². The molecule has 0 aromatic rings. The fourth-order valence-corrected chi connectivity index (χ4v) is 2.30. The second-order valence-corrected chi connectivity index (χ2v) is 6.00. The molecule has 1 aliphatic rings. The lowest BCUT2D eigenvalue weighted by molar-refractivity contribution is 0.0637. The summed E-state index contributed by atoms with van der Waals surface area (Å²) in [7, 11) is 2.06. The van der Waals surface area contributed by atoms with Crippen molar-refractivity contribution in [1.29, 1.82) is 0 Å². The van der Waals surface area contributed by atoms with Gasteiger partial charge in [-0.2, -0.15) is 0 Å². The van der Waals surface area contributed by atoms with Crippen LogP contribution in [-0.4, -0.2) is 50.3 Å². The van der Waals surface area contributed by atoms with Crippen LogP contribution in [0.4, 0.5) is 0 Å². The van der Waals surface area contributed by atoms with Gasteiger partial charge in [0.2, 0.25) is 0 Å². The molecule has 0 spiro atoms. The van der Waals surface area contributed by atoms with Gasteiger partial charge in [0.1, 0.15) is 0 Å². The Balaban J connectivity index is 2.50. The molecule has 2 unspecified atom stereocenters. The minimum absolute atomic E-state index is 0.311. The van der Waals surface area contributed by atoms with Gasteiger partial charge in [-0.15, -0.1) is 0 Å².